The van der Waals surface area contributed by atoms with Crippen molar-refractivity contribution in [2.24, 2.45) is 0 Å². The summed E-state index contributed by atoms with van der Waals surface area (Å²) in [4.78, 5) is 16.4. The number of nitrogens with zero attached hydrogens (tertiary/aromatic N) is 1. The molecule has 1 amide bonds. The summed E-state index contributed by atoms with van der Waals surface area (Å²) in [6.45, 7) is 0. The summed E-state index contributed by atoms with van der Waals surface area (Å²) in [6, 6.07) is 14.1. The van der Waals surface area contributed by atoms with Crippen molar-refractivity contribution in [1.82, 2.24) is 4.98 Å². The van der Waals surface area contributed by atoms with Gasteiger partial charge in [0.2, 0.25) is 0 Å². The Labute approximate surface area is 137 Å². The number of oxazole rings is 1. The molecule has 116 valence electrons. The highest BCUT2D eigenvalue weighted by Crippen LogP contribution is 2.26. The zero-order chi connectivity index (χ0) is 16.2. The summed E-state index contributed by atoms with van der Waals surface area (Å²) in [7, 11) is 1.59. The van der Waals surface area contributed by atoms with Crippen LogP contribution < -0.4 is 10.1 Å². The SMILES string of the molecule is COc1ccc(-c2ocnc2C(=O)Nc2cccc(Cl)c2)cc1. The number of hydrogen-bond acceptors (Lipinski definition) is 4. The number of benzene rings is 2. The number of hydrogen-bond donors (Lipinski definition) is 1. The number of anilines is 1. The van der Waals surface area contributed by atoms with Gasteiger partial charge in [0.15, 0.2) is 17.8 Å². The normalized spacial score (nSPS) is 10.3. The van der Waals surface area contributed by atoms with Crippen LogP contribution in [0.5, 0.6) is 5.75 Å². The molecule has 5 nitrogen and oxygen atoms in total. The Hall–Kier alpha value is -2.79. The second-order valence-corrected chi connectivity index (χ2v) is 5.16. The van der Waals surface area contributed by atoms with Gasteiger partial charge in [-0.15, -0.1) is 0 Å². The second kappa shape index (κ2) is 6.54. The summed E-state index contributed by atoms with van der Waals surface area (Å²) in [6.07, 6.45) is 1.24. The van der Waals surface area contributed by atoms with Gasteiger partial charge in [-0.2, -0.15) is 0 Å². The molecule has 1 N–H and O–H groups in total. The summed E-state index contributed by atoms with van der Waals surface area (Å²) in [5, 5.41) is 3.29. The second-order valence-electron chi connectivity index (χ2n) is 4.72. The Morgan fingerprint density at radius 1 is 1.22 bits per heavy atom. The molecule has 0 saturated carbocycles. The fourth-order valence-corrected chi connectivity index (χ4v) is 2.30. The molecule has 2 aromatic carbocycles. The van der Waals surface area contributed by atoms with Gasteiger partial charge in [-0.1, -0.05) is 17.7 Å². The molecule has 0 aliphatic carbocycles. The number of amides is 1. The van der Waals surface area contributed by atoms with Gasteiger partial charge < -0.3 is 14.5 Å². The number of rotatable bonds is 4. The van der Waals surface area contributed by atoms with E-state index in [1.165, 1.54) is 6.39 Å². The van der Waals surface area contributed by atoms with Crippen LogP contribution in [0.15, 0.2) is 59.3 Å². The summed E-state index contributed by atoms with van der Waals surface area (Å²) >= 11 is 5.91. The standard InChI is InChI=1S/C17H13ClN2O3/c1-22-14-7-5-11(6-8-14)16-15(19-10-23-16)17(21)20-13-4-2-3-12(18)9-13/h2-10H,1H3,(H,20,21). The maximum Gasteiger partial charge on any atom is 0.278 e. The highest BCUT2D eigenvalue weighted by atomic mass is 35.5. The molecule has 0 aliphatic rings. The van der Waals surface area contributed by atoms with E-state index in [1.807, 2.05) is 0 Å². The van der Waals surface area contributed by atoms with E-state index in [0.717, 1.165) is 11.3 Å². The molecule has 1 aromatic heterocycles. The number of halogens is 1. The van der Waals surface area contributed by atoms with E-state index in [4.69, 9.17) is 20.8 Å². The maximum atomic E-state index is 12.4. The van der Waals surface area contributed by atoms with Gasteiger partial charge in [-0.05, 0) is 42.5 Å². The monoisotopic (exact) mass is 328 g/mol. The van der Waals surface area contributed by atoms with Crippen LogP contribution in [0.2, 0.25) is 5.02 Å². The molecule has 0 aliphatic heterocycles. The van der Waals surface area contributed by atoms with E-state index in [2.05, 4.69) is 10.3 Å². The van der Waals surface area contributed by atoms with Crippen LogP contribution in [-0.2, 0) is 0 Å². The van der Waals surface area contributed by atoms with Crippen molar-refractivity contribution < 1.29 is 13.9 Å². The summed E-state index contributed by atoms with van der Waals surface area (Å²) < 4.78 is 10.5. The molecule has 6 heteroatoms. The Morgan fingerprint density at radius 3 is 2.70 bits per heavy atom. The first kappa shape index (κ1) is 15.1. The van der Waals surface area contributed by atoms with Gasteiger partial charge in [0.05, 0.1) is 7.11 Å². The lowest BCUT2D eigenvalue weighted by Gasteiger charge is -2.05. The molecule has 1 heterocycles. The number of carbonyl (C=O) groups excluding carboxylic acids is 1. The smallest absolute Gasteiger partial charge is 0.278 e. The predicted molar refractivity (Wildman–Crippen MR) is 87.9 cm³/mol. The van der Waals surface area contributed by atoms with E-state index in [0.29, 0.717) is 16.5 Å². The number of nitrogens with one attached hydrogen (secondary N) is 1. The Kier molecular flexibility index (Phi) is 4.30. The Balaban J connectivity index is 1.86. The zero-order valence-electron chi connectivity index (χ0n) is 12.2. The highest BCUT2D eigenvalue weighted by molar-refractivity contribution is 6.31. The lowest BCUT2D eigenvalue weighted by Crippen LogP contribution is -2.13. The molecule has 0 unspecified atom stereocenters. The van der Waals surface area contributed by atoms with Crippen molar-refractivity contribution in [1.29, 1.82) is 0 Å². The van der Waals surface area contributed by atoms with Crippen molar-refractivity contribution >= 4 is 23.2 Å². The maximum absolute atomic E-state index is 12.4. The third-order valence-electron chi connectivity index (χ3n) is 3.22. The van der Waals surface area contributed by atoms with Gasteiger partial charge >= 0.3 is 0 Å². The number of ether oxygens (including phenoxy) is 1. The number of aromatic nitrogens is 1. The summed E-state index contributed by atoms with van der Waals surface area (Å²) in [5.74, 6) is 0.747. The molecule has 0 radical (unpaired) electrons. The first-order valence-corrected chi connectivity index (χ1v) is 7.20. The predicted octanol–water partition coefficient (Wildman–Crippen LogP) is 4.26. The van der Waals surface area contributed by atoms with Crippen LogP contribution in [0, 0.1) is 0 Å². The van der Waals surface area contributed by atoms with Crippen LogP contribution in [0.4, 0.5) is 5.69 Å². The fraction of sp³-hybridized carbons (Fsp3) is 0.0588. The molecule has 0 fully saturated rings. The van der Waals surface area contributed by atoms with Gasteiger partial charge in [-0.3, -0.25) is 4.79 Å². The lowest BCUT2D eigenvalue weighted by atomic mass is 10.1. The van der Waals surface area contributed by atoms with Gasteiger partial charge in [0.1, 0.15) is 5.75 Å². The largest absolute Gasteiger partial charge is 0.497 e. The van der Waals surface area contributed by atoms with Crippen molar-refractivity contribution in [3.63, 3.8) is 0 Å². The lowest BCUT2D eigenvalue weighted by molar-refractivity contribution is 0.102. The molecule has 0 spiro atoms. The van der Waals surface area contributed by atoms with Crippen molar-refractivity contribution in [2.45, 2.75) is 0 Å². The van der Waals surface area contributed by atoms with Crippen LogP contribution in [0.25, 0.3) is 11.3 Å². The molecular weight excluding hydrogens is 316 g/mol. The fourth-order valence-electron chi connectivity index (χ4n) is 2.11. The molecule has 3 aromatic rings. The van der Waals surface area contributed by atoms with Crippen LogP contribution in [0.3, 0.4) is 0 Å². The van der Waals surface area contributed by atoms with Gasteiger partial charge in [0, 0.05) is 16.3 Å². The first-order valence-electron chi connectivity index (χ1n) is 6.82. The third-order valence-corrected chi connectivity index (χ3v) is 3.45. The summed E-state index contributed by atoms with van der Waals surface area (Å²) in [5.41, 5.74) is 1.53. The Bertz CT molecular complexity index is 828. The van der Waals surface area contributed by atoms with Crippen LogP contribution in [-0.4, -0.2) is 18.0 Å². The van der Waals surface area contributed by atoms with E-state index >= 15 is 0 Å². The van der Waals surface area contributed by atoms with Crippen molar-refractivity contribution in [2.75, 3.05) is 12.4 Å². The molecular formula is C17H13ClN2O3. The van der Waals surface area contributed by atoms with Gasteiger partial charge in [-0.25, -0.2) is 4.98 Å². The highest BCUT2D eigenvalue weighted by Gasteiger charge is 2.18. The van der Waals surface area contributed by atoms with E-state index in [1.54, 1.807) is 55.6 Å². The van der Waals surface area contributed by atoms with E-state index in [-0.39, 0.29) is 11.6 Å². The minimum Gasteiger partial charge on any atom is -0.497 e. The third kappa shape index (κ3) is 3.35. The Morgan fingerprint density at radius 2 is 2.00 bits per heavy atom. The molecule has 3 rings (SSSR count). The molecule has 0 atom stereocenters. The average Bonchev–Trinajstić information content (AvgIpc) is 3.05. The van der Waals surface area contributed by atoms with E-state index < -0.39 is 0 Å². The zero-order valence-corrected chi connectivity index (χ0v) is 13.0. The van der Waals surface area contributed by atoms with E-state index in [9.17, 15) is 4.79 Å². The quantitative estimate of drug-likeness (QED) is 0.777. The van der Waals surface area contributed by atoms with Gasteiger partial charge in [0.25, 0.3) is 5.91 Å². The number of methoxy groups -OCH3 is 1. The topological polar surface area (TPSA) is 64.4 Å². The minimum absolute atomic E-state index is 0.204. The average molecular weight is 329 g/mol. The first-order chi connectivity index (χ1) is 11.2. The van der Waals surface area contributed by atoms with Crippen molar-refractivity contribution in [3.05, 3.63) is 65.6 Å². The molecule has 0 saturated heterocycles. The van der Waals surface area contributed by atoms with Crippen LogP contribution in [0.1, 0.15) is 10.5 Å². The van der Waals surface area contributed by atoms with Crippen LogP contribution >= 0.6 is 11.6 Å². The molecule has 0 bridgehead atoms. The van der Waals surface area contributed by atoms with Crippen molar-refractivity contribution in [3.8, 4) is 17.1 Å². The number of carbonyl (C=O) groups is 1. The molecule has 23 heavy (non-hydrogen) atoms. The minimum atomic E-state index is -0.369.